The van der Waals surface area contributed by atoms with Crippen LogP contribution in [0.15, 0.2) is 30.3 Å². The zero-order valence-electron chi connectivity index (χ0n) is 10.3. The molecular formula is C14H10Cl3FO2. The SMILES string of the molecule is C[C@@H](O)c1cc(F)ccc1Oc1cc(Cl)c(Cl)cc1Cl. The van der Waals surface area contributed by atoms with Gasteiger partial charge in [0, 0.05) is 11.6 Å². The molecule has 2 aromatic carbocycles. The highest BCUT2D eigenvalue weighted by Gasteiger charge is 2.14. The van der Waals surface area contributed by atoms with Crippen molar-refractivity contribution in [2.75, 3.05) is 0 Å². The van der Waals surface area contributed by atoms with Gasteiger partial charge in [-0.2, -0.15) is 0 Å². The summed E-state index contributed by atoms with van der Waals surface area (Å²) < 4.78 is 18.8. The Morgan fingerprint density at radius 2 is 1.65 bits per heavy atom. The molecule has 0 aromatic heterocycles. The number of aliphatic hydroxyl groups is 1. The molecule has 0 radical (unpaired) electrons. The Labute approximate surface area is 130 Å². The zero-order chi connectivity index (χ0) is 14.9. The van der Waals surface area contributed by atoms with Crippen LogP contribution in [0.4, 0.5) is 4.39 Å². The van der Waals surface area contributed by atoms with Crippen molar-refractivity contribution in [1.82, 2.24) is 0 Å². The highest BCUT2D eigenvalue weighted by Crippen LogP contribution is 2.38. The average Bonchev–Trinajstić information content (AvgIpc) is 2.37. The van der Waals surface area contributed by atoms with Crippen LogP contribution >= 0.6 is 34.8 Å². The van der Waals surface area contributed by atoms with Gasteiger partial charge < -0.3 is 9.84 Å². The van der Waals surface area contributed by atoms with E-state index in [1.54, 1.807) is 0 Å². The summed E-state index contributed by atoms with van der Waals surface area (Å²) in [6, 6.07) is 6.75. The largest absolute Gasteiger partial charge is 0.455 e. The minimum absolute atomic E-state index is 0.264. The molecular weight excluding hydrogens is 326 g/mol. The van der Waals surface area contributed by atoms with Crippen LogP contribution < -0.4 is 4.74 Å². The van der Waals surface area contributed by atoms with Crippen molar-refractivity contribution >= 4 is 34.8 Å². The van der Waals surface area contributed by atoms with E-state index in [1.807, 2.05) is 0 Å². The van der Waals surface area contributed by atoms with Crippen molar-refractivity contribution in [3.8, 4) is 11.5 Å². The molecule has 0 bridgehead atoms. The summed E-state index contributed by atoms with van der Waals surface area (Å²) in [6.07, 6.45) is -0.887. The molecule has 0 spiro atoms. The summed E-state index contributed by atoms with van der Waals surface area (Å²) in [6.45, 7) is 1.51. The van der Waals surface area contributed by atoms with Crippen LogP contribution in [-0.2, 0) is 0 Å². The van der Waals surface area contributed by atoms with Gasteiger partial charge in [0.15, 0.2) is 0 Å². The Morgan fingerprint density at radius 1 is 1.00 bits per heavy atom. The Hall–Kier alpha value is -1.000. The van der Waals surface area contributed by atoms with E-state index in [9.17, 15) is 9.50 Å². The third-order valence-electron chi connectivity index (χ3n) is 2.62. The van der Waals surface area contributed by atoms with Gasteiger partial charge in [0.05, 0.1) is 21.2 Å². The monoisotopic (exact) mass is 334 g/mol. The van der Waals surface area contributed by atoms with E-state index >= 15 is 0 Å². The first-order valence-corrected chi connectivity index (χ1v) is 6.82. The van der Waals surface area contributed by atoms with Crippen LogP contribution in [0.5, 0.6) is 11.5 Å². The molecule has 0 saturated carbocycles. The molecule has 0 unspecified atom stereocenters. The summed E-state index contributed by atoms with van der Waals surface area (Å²) >= 11 is 17.7. The van der Waals surface area contributed by atoms with Gasteiger partial charge in [0.2, 0.25) is 0 Å². The second-order valence-corrected chi connectivity index (χ2v) is 5.38. The highest BCUT2D eigenvalue weighted by molar-refractivity contribution is 6.43. The number of halogens is 4. The quantitative estimate of drug-likeness (QED) is 0.736. The van der Waals surface area contributed by atoms with Crippen LogP contribution in [0.2, 0.25) is 15.1 Å². The summed E-state index contributed by atoms with van der Waals surface area (Å²) in [4.78, 5) is 0. The summed E-state index contributed by atoms with van der Waals surface area (Å²) in [5, 5.41) is 10.5. The van der Waals surface area contributed by atoms with Gasteiger partial charge in [0.1, 0.15) is 17.3 Å². The van der Waals surface area contributed by atoms with Gasteiger partial charge in [-0.3, -0.25) is 0 Å². The number of hydrogen-bond donors (Lipinski definition) is 1. The fourth-order valence-corrected chi connectivity index (χ4v) is 2.22. The summed E-state index contributed by atoms with van der Waals surface area (Å²) in [5.74, 6) is 0.102. The molecule has 0 heterocycles. The van der Waals surface area contributed by atoms with E-state index in [1.165, 1.54) is 37.3 Å². The maximum absolute atomic E-state index is 13.2. The predicted molar refractivity (Wildman–Crippen MR) is 78.6 cm³/mol. The van der Waals surface area contributed by atoms with Crippen LogP contribution in [0.1, 0.15) is 18.6 Å². The fourth-order valence-electron chi connectivity index (χ4n) is 1.64. The lowest BCUT2D eigenvalue weighted by Crippen LogP contribution is -1.97. The van der Waals surface area contributed by atoms with E-state index < -0.39 is 11.9 Å². The van der Waals surface area contributed by atoms with Gasteiger partial charge in [-0.05, 0) is 31.2 Å². The van der Waals surface area contributed by atoms with Crippen molar-refractivity contribution in [1.29, 1.82) is 0 Å². The number of aliphatic hydroxyl groups excluding tert-OH is 1. The van der Waals surface area contributed by atoms with Crippen molar-refractivity contribution in [2.24, 2.45) is 0 Å². The van der Waals surface area contributed by atoms with Gasteiger partial charge >= 0.3 is 0 Å². The summed E-state index contributed by atoms with van der Waals surface area (Å²) in [7, 11) is 0. The molecule has 0 saturated heterocycles. The first kappa shape index (κ1) is 15.4. The van der Waals surface area contributed by atoms with Crippen LogP contribution in [0.3, 0.4) is 0 Å². The lowest BCUT2D eigenvalue weighted by molar-refractivity contribution is 0.195. The Morgan fingerprint density at radius 3 is 2.30 bits per heavy atom. The molecule has 0 aliphatic heterocycles. The molecule has 2 nitrogen and oxygen atoms in total. The van der Waals surface area contributed by atoms with Crippen molar-refractivity contribution in [3.05, 3.63) is 56.8 Å². The topological polar surface area (TPSA) is 29.5 Å². The minimum Gasteiger partial charge on any atom is -0.455 e. The first-order chi connectivity index (χ1) is 9.38. The number of rotatable bonds is 3. The molecule has 6 heteroatoms. The Bertz CT molecular complexity index is 645. The lowest BCUT2D eigenvalue weighted by atomic mass is 10.1. The summed E-state index contributed by atoms with van der Waals surface area (Å²) in [5.41, 5.74) is 0.312. The van der Waals surface area contributed by atoms with E-state index in [-0.39, 0.29) is 15.8 Å². The average molecular weight is 336 g/mol. The maximum Gasteiger partial charge on any atom is 0.147 e. The smallest absolute Gasteiger partial charge is 0.147 e. The zero-order valence-corrected chi connectivity index (χ0v) is 12.6. The van der Waals surface area contributed by atoms with Crippen LogP contribution in [0, 0.1) is 5.82 Å². The van der Waals surface area contributed by atoms with Crippen LogP contribution in [-0.4, -0.2) is 5.11 Å². The van der Waals surface area contributed by atoms with Gasteiger partial charge in [-0.1, -0.05) is 34.8 Å². The molecule has 1 atom stereocenters. The second kappa shape index (κ2) is 6.19. The molecule has 0 amide bonds. The van der Waals surface area contributed by atoms with Gasteiger partial charge in [0.25, 0.3) is 0 Å². The third kappa shape index (κ3) is 3.36. The standard InChI is InChI=1S/C14H10Cl3FO2/c1-7(19)9-4-8(18)2-3-13(9)20-14-6-11(16)10(15)5-12(14)17/h2-7,19H,1H3/t7-/m1/s1. The molecule has 0 aliphatic rings. The minimum atomic E-state index is -0.887. The number of ether oxygens (including phenoxy) is 1. The predicted octanol–water partition coefficient (Wildman–Crippen LogP) is 5.63. The van der Waals surface area contributed by atoms with E-state index in [0.717, 1.165) is 0 Å². The van der Waals surface area contributed by atoms with Gasteiger partial charge in [-0.15, -0.1) is 0 Å². The van der Waals surface area contributed by atoms with E-state index in [2.05, 4.69) is 0 Å². The fraction of sp³-hybridized carbons (Fsp3) is 0.143. The Balaban J connectivity index is 2.42. The number of hydrogen-bond acceptors (Lipinski definition) is 2. The first-order valence-electron chi connectivity index (χ1n) is 5.68. The molecule has 2 rings (SSSR count). The molecule has 1 N–H and O–H groups in total. The lowest BCUT2D eigenvalue weighted by Gasteiger charge is -2.14. The van der Waals surface area contributed by atoms with Crippen molar-refractivity contribution in [2.45, 2.75) is 13.0 Å². The molecule has 0 aliphatic carbocycles. The highest BCUT2D eigenvalue weighted by atomic mass is 35.5. The van der Waals surface area contributed by atoms with E-state index in [0.29, 0.717) is 16.3 Å². The van der Waals surface area contributed by atoms with Crippen molar-refractivity contribution in [3.63, 3.8) is 0 Å². The normalized spacial score (nSPS) is 12.3. The van der Waals surface area contributed by atoms with Crippen LogP contribution in [0.25, 0.3) is 0 Å². The van der Waals surface area contributed by atoms with Crippen molar-refractivity contribution < 1.29 is 14.2 Å². The third-order valence-corrected chi connectivity index (χ3v) is 3.63. The molecule has 106 valence electrons. The Kier molecular flexibility index (Phi) is 4.76. The second-order valence-electron chi connectivity index (χ2n) is 4.16. The van der Waals surface area contributed by atoms with E-state index in [4.69, 9.17) is 39.5 Å². The molecule has 0 fully saturated rings. The maximum atomic E-state index is 13.2. The molecule has 20 heavy (non-hydrogen) atoms. The molecule has 2 aromatic rings. The number of benzene rings is 2. The van der Waals surface area contributed by atoms with Gasteiger partial charge in [-0.25, -0.2) is 4.39 Å².